The number of thiophene rings is 1. The average molecular weight is 492 g/mol. The molecule has 10 heteroatoms. The first-order chi connectivity index (χ1) is 15.5. The Bertz CT molecular complexity index is 1040. The van der Waals surface area contributed by atoms with Crippen molar-refractivity contribution in [3.63, 3.8) is 0 Å². The van der Waals surface area contributed by atoms with Gasteiger partial charge in [-0.15, -0.1) is 23.1 Å². The number of nitrogens with zero attached hydrogens (tertiary/aromatic N) is 1. The van der Waals surface area contributed by atoms with E-state index in [4.69, 9.17) is 15.2 Å². The van der Waals surface area contributed by atoms with Gasteiger partial charge in [0.05, 0.1) is 24.5 Å². The number of rotatable bonds is 5. The van der Waals surface area contributed by atoms with Crippen molar-refractivity contribution in [1.29, 1.82) is 0 Å². The van der Waals surface area contributed by atoms with Crippen molar-refractivity contribution >= 4 is 51.8 Å². The van der Waals surface area contributed by atoms with E-state index in [-0.39, 0.29) is 5.91 Å². The average Bonchev–Trinajstić information content (AvgIpc) is 3.10. The minimum Gasteiger partial charge on any atom is -0.465 e. The lowest BCUT2D eigenvalue weighted by Gasteiger charge is -2.30. The second-order valence-electron chi connectivity index (χ2n) is 8.67. The number of carbonyl (C=O) groups excluding carboxylic acids is 3. The molecule has 1 aliphatic heterocycles. The minimum absolute atomic E-state index is 0.232. The third-order valence-electron chi connectivity index (χ3n) is 4.90. The maximum Gasteiger partial charge on any atom is 0.410 e. The van der Waals surface area contributed by atoms with Gasteiger partial charge in [0.15, 0.2) is 0 Å². The van der Waals surface area contributed by atoms with E-state index in [9.17, 15) is 14.4 Å². The molecular formula is C23H29N3O5S2. The zero-order chi connectivity index (χ0) is 24.3. The molecule has 1 aromatic heterocycles. The van der Waals surface area contributed by atoms with Crippen molar-refractivity contribution in [1.82, 2.24) is 4.90 Å². The number of hydrogen-bond acceptors (Lipinski definition) is 8. The van der Waals surface area contributed by atoms with Crippen LogP contribution in [0.3, 0.4) is 0 Å². The van der Waals surface area contributed by atoms with E-state index in [0.29, 0.717) is 35.8 Å². The fourth-order valence-electron chi connectivity index (χ4n) is 3.31. The molecule has 1 unspecified atom stereocenters. The molecule has 8 nitrogen and oxygen atoms in total. The van der Waals surface area contributed by atoms with Gasteiger partial charge in [0.2, 0.25) is 5.91 Å². The molecule has 2 heterocycles. The number of nitrogens with two attached hydrogens (primary N) is 1. The summed E-state index contributed by atoms with van der Waals surface area (Å²) in [6.07, 6.45) is 0.0708. The lowest BCUT2D eigenvalue weighted by Crippen LogP contribution is -2.39. The standard InChI is InChI=1S/C23H29N3O5S2/c1-13(32-15-8-6-14(24)7-9-15)19(27)25-20-18(21(28)30-5)16-10-11-26(12-17(16)33-20)22(29)31-23(2,3)4/h6-9,13H,10-12,24H2,1-5H3,(H,25,27). The van der Waals surface area contributed by atoms with E-state index in [0.717, 1.165) is 15.3 Å². The fraction of sp³-hybridized carbons (Fsp3) is 0.435. The van der Waals surface area contributed by atoms with Gasteiger partial charge in [-0.05, 0) is 63.9 Å². The number of thioether (sulfide) groups is 1. The van der Waals surface area contributed by atoms with Crippen molar-refractivity contribution in [3.8, 4) is 0 Å². The fourth-order valence-corrected chi connectivity index (χ4v) is 5.43. The normalized spacial score (nSPS) is 14.3. The van der Waals surface area contributed by atoms with Gasteiger partial charge in [-0.25, -0.2) is 9.59 Å². The Morgan fingerprint density at radius 3 is 2.48 bits per heavy atom. The number of ether oxygens (including phenoxy) is 2. The number of methoxy groups -OCH3 is 1. The molecule has 0 saturated heterocycles. The molecule has 0 saturated carbocycles. The highest BCUT2D eigenvalue weighted by Gasteiger charge is 2.33. The highest BCUT2D eigenvalue weighted by Crippen LogP contribution is 2.38. The molecule has 0 radical (unpaired) electrons. The molecule has 0 fully saturated rings. The smallest absolute Gasteiger partial charge is 0.410 e. The van der Waals surface area contributed by atoms with Crippen LogP contribution in [0.5, 0.6) is 0 Å². The summed E-state index contributed by atoms with van der Waals surface area (Å²) in [5.41, 5.74) is 6.95. The number of carbonyl (C=O) groups is 3. The number of nitrogens with one attached hydrogen (secondary N) is 1. The highest BCUT2D eigenvalue weighted by molar-refractivity contribution is 8.00. The molecule has 2 aromatic rings. The van der Waals surface area contributed by atoms with Gasteiger partial charge >= 0.3 is 12.1 Å². The van der Waals surface area contributed by atoms with Crippen LogP contribution in [0.4, 0.5) is 15.5 Å². The van der Waals surface area contributed by atoms with E-state index in [1.54, 1.807) is 24.0 Å². The summed E-state index contributed by atoms with van der Waals surface area (Å²) in [5, 5.41) is 2.93. The molecule has 1 aromatic carbocycles. The Balaban J connectivity index is 1.78. The largest absolute Gasteiger partial charge is 0.465 e. The Morgan fingerprint density at radius 1 is 1.21 bits per heavy atom. The predicted octanol–water partition coefficient (Wildman–Crippen LogP) is 4.53. The monoisotopic (exact) mass is 491 g/mol. The second kappa shape index (κ2) is 10.0. The number of esters is 1. The van der Waals surface area contributed by atoms with Crippen molar-refractivity contribution in [2.24, 2.45) is 0 Å². The van der Waals surface area contributed by atoms with E-state index in [1.165, 1.54) is 30.2 Å². The second-order valence-corrected chi connectivity index (χ2v) is 11.2. The van der Waals surface area contributed by atoms with E-state index < -0.39 is 22.9 Å². The van der Waals surface area contributed by atoms with E-state index >= 15 is 0 Å². The summed E-state index contributed by atoms with van der Waals surface area (Å²) >= 11 is 2.69. The maximum atomic E-state index is 12.9. The summed E-state index contributed by atoms with van der Waals surface area (Å²) in [4.78, 5) is 41.3. The molecule has 33 heavy (non-hydrogen) atoms. The van der Waals surface area contributed by atoms with Crippen LogP contribution in [-0.2, 0) is 27.2 Å². The summed E-state index contributed by atoms with van der Waals surface area (Å²) in [7, 11) is 1.31. The number of amides is 2. The summed E-state index contributed by atoms with van der Waals surface area (Å²) in [6, 6.07) is 7.29. The molecule has 0 bridgehead atoms. The van der Waals surface area contributed by atoms with Gasteiger partial charge in [-0.2, -0.15) is 0 Å². The summed E-state index contributed by atoms with van der Waals surface area (Å²) < 4.78 is 10.5. The van der Waals surface area contributed by atoms with Gasteiger partial charge in [0.25, 0.3) is 0 Å². The molecule has 0 spiro atoms. The molecule has 2 amide bonds. The minimum atomic E-state index is -0.596. The summed E-state index contributed by atoms with van der Waals surface area (Å²) in [6.45, 7) is 7.98. The van der Waals surface area contributed by atoms with Gasteiger partial charge in [-0.1, -0.05) is 0 Å². The van der Waals surface area contributed by atoms with Gasteiger partial charge < -0.3 is 25.4 Å². The number of fused-ring (bicyclic) bond motifs is 1. The van der Waals surface area contributed by atoms with E-state index in [1.807, 2.05) is 32.9 Å². The predicted molar refractivity (Wildman–Crippen MR) is 131 cm³/mol. The van der Waals surface area contributed by atoms with Crippen molar-refractivity contribution in [2.75, 3.05) is 24.7 Å². The number of anilines is 2. The van der Waals surface area contributed by atoms with Crippen LogP contribution in [0.25, 0.3) is 0 Å². The Hall–Kier alpha value is -2.72. The van der Waals surface area contributed by atoms with E-state index in [2.05, 4.69) is 5.32 Å². The lowest BCUT2D eigenvalue weighted by molar-refractivity contribution is -0.115. The van der Waals surface area contributed by atoms with Crippen molar-refractivity contribution < 1.29 is 23.9 Å². The van der Waals surface area contributed by atoms with Crippen LogP contribution in [0, 0.1) is 0 Å². The SMILES string of the molecule is COC(=O)c1c(NC(=O)C(C)Sc2ccc(N)cc2)sc2c1CCN(C(=O)OC(C)(C)C)C2. The van der Waals surface area contributed by atoms with Gasteiger partial charge in [-0.3, -0.25) is 4.79 Å². The van der Waals surface area contributed by atoms with Gasteiger partial charge in [0, 0.05) is 22.0 Å². The first-order valence-electron chi connectivity index (χ1n) is 10.5. The topological polar surface area (TPSA) is 111 Å². The highest BCUT2D eigenvalue weighted by atomic mass is 32.2. The molecular weight excluding hydrogens is 462 g/mol. The van der Waals surface area contributed by atoms with Crippen LogP contribution in [0.1, 0.15) is 48.5 Å². The van der Waals surface area contributed by atoms with Crippen molar-refractivity contribution in [3.05, 3.63) is 40.3 Å². The first-order valence-corrected chi connectivity index (χ1v) is 12.2. The molecule has 3 rings (SSSR count). The lowest BCUT2D eigenvalue weighted by atomic mass is 10.0. The molecule has 0 aliphatic carbocycles. The summed E-state index contributed by atoms with van der Waals surface area (Å²) in [5.74, 6) is -0.739. The zero-order valence-corrected chi connectivity index (χ0v) is 21.0. The van der Waals surface area contributed by atoms with Crippen LogP contribution in [0.15, 0.2) is 29.2 Å². The zero-order valence-electron chi connectivity index (χ0n) is 19.4. The van der Waals surface area contributed by atoms with Crippen LogP contribution < -0.4 is 11.1 Å². The molecule has 1 atom stereocenters. The molecule has 1 aliphatic rings. The Labute approximate surface area is 201 Å². The first kappa shape index (κ1) is 24.9. The van der Waals surface area contributed by atoms with Gasteiger partial charge in [0.1, 0.15) is 10.6 Å². The number of benzene rings is 1. The third-order valence-corrected chi connectivity index (χ3v) is 7.14. The number of hydrogen-bond donors (Lipinski definition) is 2. The Morgan fingerprint density at radius 2 is 1.88 bits per heavy atom. The van der Waals surface area contributed by atoms with Crippen LogP contribution >= 0.6 is 23.1 Å². The van der Waals surface area contributed by atoms with Crippen LogP contribution in [0.2, 0.25) is 0 Å². The van der Waals surface area contributed by atoms with Crippen molar-refractivity contribution in [2.45, 2.75) is 56.4 Å². The third kappa shape index (κ3) is 6.20. The Kier molecular flexibility index (Phi) is 7.58. The maximum absolute atomic E-state index is 12.9. The molecule has 178 valence electrons. The molecule has 3 N–H and O–H groups in total. The van der Waals surface area contributed by atoms with Crippen LogP contribution in [-0.4, -0.2) is 47.4 Å². The quantitative estimate of drug-likeness (QED) is 0.359. The number of nitrogen functional groups attached to an aromatic ring is 1.